The molecule has 0 atom stereocenters. The lowest BCUT2D eigenvalue weighted by Gasteiger charge is -2.37. The van der Waals surface area contributed by atoms with Crippen LogP contribution in [0.25, 0.3) is 10.2 Å². The SMILES string of the molecule is COCC1(CNC(=O)CCc2nc3sc(C)c(C)c3c(=O)[nH]2)CCNCC1. The average molecular weight is 393 g/mol. The fraction of sp³-hybridized carbons (Fsp3) is 0.632. The topological polar surface area (TPSA) is 96.1 Å². The zero-order valence-electron chi connectivity index (χ0n) is 16.2. The van der Waals surface area contributed by atoms with Gasteiger partial charge in [-0.2, -0.15) is 0 Å². The first kappa shape index (κ1) is 20.0. The van der Waals surface area contributed by atoms with Crippen molar-refractivity contribution in [2.45, 2.75) is 39.5 Å². The second kappa shape index (κ2) is 8.50. The van der Waals surface area contributed by atoms with Crippen molar-refractivity contribution in [1.29, 1.82) is 0 Å². The van der Waals surface area contributed by atoms with Crippen LogP contribution < -0.4 is 16.2 Å². The third-order valence-electron chi connectivity index (χ3n) is 5.45. The number of hydrogen-bond acceptors (Lipinski definition) is 6. The highest BCUT2D eigenvalue weighted by Crippen LogP contribution is 2.28. The second-order valence-corrected chi connectivity index (χ2v) is 8.64. The average Bonchev–Trinajstić information content (AvgIpc) is 2.94. The van der Waals surface area contributed by atoms with Crippen LogP contribution in [0.4, 0.5) is 0 Å². The molecule has 148 valence electrons. The standard InChI is InChI=1S/C19H28N4O3S/c1-12-13(2)27-18-16(12)17(25)22-14(23-18)4-5-15(24)21-10-19(11-26-3)6-8-20-9-7-19/h20H,4-11H2,1-3H3,(H,21,24)(H,22,23,25). The number of amides is 1. The fourth-order valence-corrected chi connectivity index (χ4v) is 4.71. The van der Waals surface area contributed by atoms with E-state index in [0.717, 1.165) is 41.2 Å². The number of aromatic amines is 1. The number of methoxy groups -OCH3 is 1. The fourth-order valence-electron chi connectivity index (χ4n) is 3.66. The van der Waals surface area contributed by atoms with Crippen LogP contribution in [0.1, 0.15) is 35.5 Å². The molecular formula is C19H28N4O3S. The lowest BCUT2D eigenvalue weighted by Crippen LogP contribution is -2.47. The van der Waals surface area contributed by atoms with Crippen LogP contribution in [-0.2, 0) is 16.0 Å². The van der Waals surface area contributed by atoms with Gasteiger partial charge in [-0.15, -0.1) is 11.3 Å². The Morgan fingerprint density at radius 3 is 2.78 bits per heavy atom. The summed E-state index contributed by atoms with van der Waals surface area (Å²) in [5.41, 5.74) is 0.872. The lowest BCUT2D eigenvalue weighted by atomic mass is 9.79. The molecular weight excluding hydrogens is 364 g/mol. The van der Waals surface area contributed by atoms with E-state index in [2.05, 4.69) is 20.6 Å². The largest absolute Gasteiger partial charge is 0.384 e. The maximum absolute atomic E-state index is 12.3. The molecule has 1 aliphatic rings. The van der Waals surface area contributed by atoms with E-state index >= 15 is 0 Å². The highest BCUT2D eigenvalue weighted by atomic mass is 32.1. The highest BCUT2D eigenvalue weighted by molar-refractivity contribution is 7.18. The molecule has 3 N–H and O–H groups in total. The Labute approximate surface area is 162 Å². The zero-order valence-corrected chi connectivity index (χ0v) is 17.1. The van der Waals surface area contributed by atoms with Crippen molar-refractivity contribution in [3.8, 4) is 0 Å². The third-order valence-corrected chi connectivity index (χ3v) is 6.55. The number of carbonyl (C=O) groups is 1. The van der Waals surface area contributed by atoms with Crippen LogP contribution in [0, 0.1) is 19.3 Å². The second-order valence-electron chi connectivity index (χ2n) is 7.44. The first-order valence-electron chi connectivity index (χ1n) is 9.39. The van der Waals surface area contributed by atoms with Crippen LogP contribution in [0.15, 0.2) is 4.79 Å². The number of hydrogen-bond donors (Lipinski definition) is 3. The van der Waals surface area contributed by atoms with Gasteiger partial charge in [0.2, 0.25) is 5.91 Å². The number of aromatic nitrogens is 2. The van der Waals surface area contributed by atoms with Gasteiger partial charge >= 0.3 is 0 Å². The van der Waals surface area contributed by atoms with Crippen molar-refractivity contribution in [3.05, 3.63) is 26.6 Å². The molecule has 0 radical (unpaired) electrons. The number of thiophene rings is 1. The lowest BCUT2D eigenvalue weighted by molar-refractivity contribution is -0.122. The van der Waals surface area contributed by atoms with Crippen LogP contribution in [0.5, 0.6) is 0 Å². The Kier molecular flexibility index (Phi) is 6.29. The molecule has 0 aliphatic carbocycles. The molecule has 0 bridgehead atoms. The quantitative estimate of drug-likeness (QED) is 0.666. The van der Waals surface area contributed by atoms with Crippen LogP contribution in [-0.4, -0.2) is 49.2 Å². The van der Waals surface area contributed by atoms with Crippen molar-refractivity contribution in [1.82, 2.24) is 20.6 Å². The van der Waals surface area contributed by atoms with Gasteiger partial charge in [0.25, 0.3) is 5.56 Å². The van der Waals surface area contributed by atoms with Crippen molar-refractivity contribution in [3.63, 3.8) is 0 Å². The van der Waals surface area contributed by atoms with Gasteiger partial charge in [0, 0.05) is 36.8 Å². The number of rotatable bonds is 7. The predicted molar refractivity (Wildman–Crippen MR) is 107 cm³/mol. The molecule has 2 aromatic heterocycles. The number of aryl methyl sites for hydroxylation is 3. The van der Waals surface area contributed by atoms with Gasteiger partial charge in [0.15, 0.2) is 0 Å². The number of carbonyl (C=O) groups excluding carboxylic acids is 1. The molecule has 0 unspecified atom stereocenters. The Balaban J connectivity index is 1.59. The molecule has 3 heterocycles. The zero-order chi connectivity index (χ0) is 19.4. The normalized spacial score (nSPS) is 16.6. The van der Waals surface area contributed by atoms with E-state index in [1.165, 1.54) is 11.3 Å². The van der Waals surface area contributed by atoms with Crippen molar-refractivity contribution in [2.24, 2.45) is 5.41 Å². The highest BCUT2D eigenvalue weighted by Gasteiger charge is 2.32. The van der Waals surface area contributed by atoms with E-state index in [1.54, 1.807) is 7.11 Å². The molecule has 0 saturated carbocycles. The Morgan fingerprint density at radius 1 is 1.33 bits per heavy atom. The summed E-state index contributed by atoms with van der Waals surface area (Å²) in [7, 11) is 1.71. The number of nitrogens with zero attached hydrogens (tertiary/aromatic N) is 1. The third kappa shape index (κ3) is 4.56. The van der Waals surface area contributed by atoms with Crippen molar-refractivity contribution in [2.75, 3.05) is 33.4 Å². The van der Waals surface area contributed by atoms with Gasteiger partial charge in [-0.25, -0.2) is 4.98 Å². The number of nitrogens with one attached hydrogen (secondary N) is 3. The summed E-state index contributed by atoms with van der Waals surface area (Å²) in [5, 5.41) is 7.06. The van der Waals surface area contributed by atoms with Crippen LogP contribution in [0.2, 0.25) is 0 Å². The van der Waals surface area contributed by atoms with Gasteiger partial charge in [-0.1, -0.05) is 0 Å². The minimum atomic E-state index is -0.119. The monoisotopic (exact) mass is 392 g/mol. The minimum Gasteiger partial charge on any atom is -0.384 e. The Hall–Kier alpha value is -1.77. The maximum Gasteiger partial charge on any atom is 0.259 e. The molecule has 0 spiro atoms. The van der Waals surface area contributed by atoms with E-state index in [9.17, 15) is 9.59 Å². The van der Waals surface area contributed by atoms with E-state index in [4.69, 9.17) is 4.74 Å². The van der Waals surface area contributed by atoms with Gasteiger partial charge in [-0.05, 0) is 45.3 Å². The smallest absolute Gasteiger partial charge is 0.259 e. The molecule has 1 fully saturated rings. The molecule has 27 heavy (non-hydrogen) atoms. The predicted octanol–water partition coefficient (Wildman–Crippen LogP) is 1.67. The molecule has 1 amide bonds. The number of fused-ring (bicyclic) bond motifs is 1. The van der Waals surface area contributed by atoms with E-state index < -0.39 is 0 Å². The van der Waals surface area contributed by atoms with Crippen LogP contribution in [0.3, 0.4) is 0 Å². The van der Waals surface area contributed by atoms with Crippen LogP contribution >= 0.6 is 11.3 Å². The summed E-state index contributed by atoms with van der Waals surface area (Å²) < 4.78 is 5.38. The molecule has 3 rings (SSSR count). The summed E-state index contributed by atoms with van der Waals surface area (Å²) in [6.07, 6.45) is 2.71. The van der Waals surface area contributed by atoms with Gasteiger partial charge in [0.1, 0.15) is 10.7 Å². The molecule has 1 saturated heterocycles. The first-order chi connectivity index (χ1) is 12.9. The van der Waals surface area contributed by atoms with E-state index in [0.29, 0.717) is 37.2 Å². The molecule has 7 nitrogen and oxygen atoms in total. The summed E-state index contributed by atoms with van der Waals surface area (Å²) in [4.78, 5) is 33.9. The van der Waals surface area contributed by atoms with Gasteiger partial charge in [0.05, 0.1) is 12.0 Å². The number of H-pyrrole nitrogens is 1. The molecule has 1 aliphatic heterocycles. The minimum absolute atomic E-state index is 0.00710. The van der Waals surface area contributed by atoms with E-state index in [-0.39, 0.29) is 16.9 Å². The Bertz CT molecular complexity index is 862. The van der Waals surface area contributed by atoms with Gasteiger partial charge in [-0.3, -0.25) is 9.59 Å². The number of ether oxygens (including phenoxy) is 1. The Morgan fingerprint density at radius 2 is 2.07 bits per heavy atom. The first-order valence-corrected chi connectivity index (χ1v) is 10.2. The maximum atomic E-state index is 12.3. The number of piperidine rings is 1. The summed E-state index contributed by atoms with van der Waals surface area (Å²) in [5.74, 6) is 0.544. The van der Waals surface area contributed by atoms with Crippen molar-refractivity contribution >= 4 is 27.5 Å². The summed E-state index contributed by atoms with van der Waals surface area (Å²) >= 11 is 1.52. The molecule has 0 aromatic carbocycles. The van der Waals surface area contributed by atoms with Crippen molar-refractivity contribution < 1.29 is 9.53 Å². The van der Waals surface area contributed by atoms with E-state index in [1.807, 2.05) is 13.8 Å². The molecule has 8 heteroatoms. The molecule has 2 aromatic rings. The summed E-state index contributed by atoms with van der Waals surface area (Å²) in [6, 6.07) is 0. The van der Waals surface area contributed by atoms with Gasteiger partial charge < -0.3 is 20.4 Å². The summed E-state index contributed by atoms with van der Waals surface area (Å²) in [6.45, 7) is 7.10.